The summed E-state index contributed by atoms with van der Waals surface area (Å²) >= 11 is 0. The van der Waals surface area contributed by atoms with Crippen molar-refractivity contribution in [3.8, 4) is 39.1 Å². The lowest BCUT2D eigenvalue weighted by molar-refractivity contribution is 0.656. The maximum absolute atomic E-state index is 2.48. The molecule has 2 nitrogen and oxygen atoms in total. The van der Waals surface area contributed by atoms with Gasteiger partial charge in [0.25, 0.3) is 0 Å². The Balaban J connectivity index is 1.12. The first kappa shape index (κ1) is 31.1. The highest BCUT2D eigenvalue weighted by atomic mass is 15.1. The van der Waals surface area contributed by atoms with Crippen LogP contribution >= 0.6 is 0 Å². The van der Waals surface area contributed by atoms with Crippen molar-refractivity contribution in [1.29, 1.82) is 0 Å². The van der Waals surface area contributed by atoms with Crippen molar-refractivity contribution in [3.05, 3.63) is 205 Å². The zero-order chi connectivity index (χ0) is 35.5. The van der Waals surface area contributed by atoms with E-state index in [2.05, 4.69) is 217 Å². The van der Waals surface area contributed by atoms with Crippen LogP contribution < -0.4 is 4.90 Å². The van der Waals surface area contributed by atoms with Gasteiger partial charge in [-0.2, -0.15) is 0 Å². The first-order valence-corrected chi connectivity index (χ1v) is 18.4. The molecule has 0 atom stereocenters. The zero-order valence-electron chi connectivity index (χ0n) is 29.9. The van der Waals surface area contributed by atoms with Gasteiger partial charge in [0, 0.05) is 33.2 Å². The quantitative estimate of drug-likeness (QED) is 0.170. The summed E-state index contributed by atoms with van der Waals surface area (Å²) in [7, 11) is 0. The summed E-state index contributed by atoms with van der Waals surface area (Å²) in [6, 6.07) is 70.7. The van der Waals surface area contributed by atoms with Crippen LogP contribution in [0.4, 0.5) is 17.1 Å². The minimum absolute atomic E-state index is 0.246. The molecule has 1 aromatic heterocycles. The molecular weight excluding hydrogens is 641 g/mol. The second-order valence-corrected chi connectivity index (χ2v) is 14.6. The van der Waals surface area contributed by atoms with E-state index in [9.17, 15) is 0 Å². The normalized spacial score (nSPS) is 12.9. The maximum atomic E-state index is 2.48. The molecule has 0 bridgehead atoms. The van der Waals surface area contributed by atoms with E-state index in [4.69, 9.17) is 0 Å². The van der Waals surface area contributed by atoms with Crippen LogP contribution in [-0.4, -0.2) is 4.57 Å². The molecule has 2 heteroatoms. The summed E-state index contributed by atoms with van der Waals surface area (Å²) in [5.74, 6) is 0. The van der Waals surface area contributed by atoms with Crippen LogP contribution in [0.5, 0.6) is 0 Å². The highest BCUT2D eigenvalue weighted by Crippen LogP contribution is 2.53. The first-order chi connectivity index (χ1) is 26.1. The summed E-state index contributed by atoms with van der Waals surface area (Å²) in [5.41, 5.74) is 17.0. The molecule has 0 fully saturated rings. The minimum atomic E-state index is -0.246. The molecule has 10 rings (SSSR count). The van der Waals surface area contributed by atoms with Crippen molar-refractivity contribution in [3.63, 3.8) is 0 Å². The minimum Gasteiger partial charge on any atom is -0.310 e. The van der Waals surface area contributed by atoms with Crippen LogP contribution in [0.2, 0.25) is 0 Å². The van der Waals surface area contributed by atoms with Gasteiger partial charge in [0.15, 0.2) is 0 Å². The van der Waals surface area contributed by atoms with Gasteiger partial charge in [0.05, 0.1) is 16.7 Å². The number of aromatic nitrogens is 1. The predicted octanol–water partition coefficient (Wildman–Crippen LogP) is 13.9. The number of para-hydroxylation sites is 2. The van der Waals surface area contributed by atoms with Crippen LogP contribution in [0, 0.1) is 0 Å². The van der Waals surface area contributed by atoms with Gasteiger partial charge in [-0.1, -0.05) is 153 Å². The third-order valence-corrected chi connectivity index (χ3v) is 11.2. The van der Waals surface area contributed by atoms with E-state index in [1.54, 1.807) is 0 Å². The van der Waals surface area contributed by atoms with Gasteiger partial charge in [0.1, 0.15) is 0 Å². The Labute approximate surface area is 310 Å². The topological polar surface area (TPSA) is 8.17 Å². The fraction of sp³-hybridized carbons (Fsp3) is 0.0588. The van der Waals surface area contributed by atoms with E-state index >= 15 is 0 Å². The van der Waals surface area contributed by atoms with Crippen LogP contribution in [-0.2, 0) is 5.41 Å². The van der Waals surface area contributed by atoms with Gasteiger partial charge < -0.3 is 9.47 Å². The van der Waals surface area contributed by atoms with Crippen LogP contribution in [0.3, 0.4) is 0 Å². The lowest BCUT2D eigenvalue weighted by atomic mass is 9.81. The maximum Gasteiger partial charge on any atom is 0.0541 e. The van der Waals surface area contributed by atoms with Crippen LogP contribution in [0.25, 0.3) is 60.9 Å². The fourth-order valence-corrected chi connectivity index (χ4v) is 8.66. The van der Waals surface area contributed by atoms with E-state index in [1.807, 2.05) is 0 Å². The molecule has 0 saturated heterocycles. The summed E-state index contributed by atoms with van der Waals surface area (Å²) < 4.78 is 2.48. The molecule has 1 aliphatic rings. The number of fused-ring (bicyclic) bond motifs is 6. The Kier molecular flexibility index (Phi) is 7.19. The third-order valence-electron chi connectivity index (χ3n) is 11.2. The SMILES string of the molecule is CC1(C)c2cc(N(c3ccc(-c4ccccc4)cc3)c3ccc(-c4ccccc4)cc3)ccc2-c2cccc(-n3c4ccccc4c4ccccc43)c21. The monoisotopic (exact) mass is 678 g/mol. The Morgan fingerprint density at radius 1 is 0.396 bits per heavy atom. The second-order valence-electron chi connectivity index (χ2n) is 14.6. The lowest BCUT2D eigenvalue weighted by Crippen LogP contribution is -2.19. The largest absolute Gasteiger partial charge is 0.310 e. The molecule has 252 valence electrons. The number of nitrogens with zero attached hydrogens (tertiary/aromatic N) is 2. The number of hydrogen-bond donors (Lipinski definition) is 0. The Morgan fingerprint density at radius 3 is 1.42 bits per heavy atom. The van der Waals surface area contributed by atoms with E-state index in [0.717, 1.165) is 17.1 Å². The molecular formula is C51H38N2. The molecule has 0 radical (unpaired) electrons. The third kappa shape index (κ3) is 5.02. The molecule has 1 aliphatic carbocycles. The Morgan fingerprint density at radius 2 is 0.868 bits per heavy atom. The van der Waals surface area contributed by atoms with Crippen molar-refractivity contribution in [2.24, 2.45) is 0 Å². The van der Waals surface area contributed by atoms with Crippen molar-refractivity contribution in [1.82, 2.24) is 4.57 Å². The molecule has 0 N–H and O–H groups in total. The molecule has 8 aromatic carbocycles. The second kappa shape index (κ2) is 12.3. The van der Waals surface area contributed by atoms with Gasteiger partial charge in [0.2, 0.25) is 0 Å². The molecule has 9 aromatic rings. The highest BCUT2D eigenvalue weighted by Gasteiger charge is 2.39. The van der Waals surface area contributed by atoms with Crippen molar-refractivity contribution >= 4 is 38.9 Å². The van der Waals surface area contributed by atoms with E-state index in [1.165, 1.54) is 72.0 Å². The van der Waals surface area contributed by atoms with Crippen molar-refractivity contribution in [2.75, 3.05) is 4.90 Å². The van der Waals surface area contributed by atoms with E-state index < -0.39 is 0 Å². The molecule has 0 unspecified atom stereocenters. The number of hydrogen-bond acceptors (Lipinski definition) is 1. The van der Waals surface area contributed by atoms with Gasteiger partial charge in [-0.05, 0) is 99.1 Å². The number of rotatable bonds is 6. The Hall–Kier alpha value is -6.64. The summed E-state index contributed by atoms with van der Waals surface area (Å²) in [4.78, 5) is 2.40. The smallest absolute Gasteiger partial charge is 0.0541 e. The van der Waals surface area contributed by atoms with Gasteiger partial charge in [-0.3, -0.25) is 0 Å². The molecule has 0 aliphatic heterocycles. The summed E-state index contributed by atoms with van der Waals surface area (Å²) in [6.45, 7) is 4.79. The number of anilines is 3. The predicted molar refractivity (Wildman–Crippen MR) is 224 cm³/mol. The average molecular weight is 679 g/mol. The standard InChI is InChI=1S/C51H38N2/c1-51(2)46-34-41(32-33-42(46)45-20-13-23-49(50(45)51)53-47-21-11-9-18-43(47)44-19-10-12-22-48(44)53)52(39-28-24-37(25-29-39)35-14-5-3-6-15-35)40-30-26-38(27-31-40)36-16-7-4-8-17-36/h3-34H,1-2H3. The van der Waals surface area contributed by atoms with E-state index in [-0.39, 0.29) is 5.41 Å². The fourth-order valence-electron chi connectivity index (χ4n) is 8.66. The molecule has 0 spiro atoms. The zero-order valence-corrected chi connectivity index (χ0v) is 29.9. The number of benzene rings is 8. The van der Waals surface area contributed by atoms with E-state index in [0.29, 0.717) is 0 Å². The van der Waals surface area contributed by atoms with Crippen molar-refractivity contribution < 1.29 is 0 Å². The molecule has 53 heavy (non-hydrogen) atoms. The van der Waals surface area contributed by atoms with Crippen LogP contribution in [0.15, 0.2) is 194 Å². The highest BCUT2D eigenvalue weighted by molar-refractivity contribution is 6.09. The van der Waals surface area contributed by atoms with Gasteiger partial charge in [-0.25, -0.2) is 0 Å². The molecule has 1 heterocycles. The summed E-state index contributed by atoms with van der Waals surface area (Å²) in [5, 5.41) is 2.56. The molecule has 0 amide bonds. The Bertz CT molecular complexity index is 2640. The lowest BCUT2D eigenvalue weighted by Gasteiger charge is -2.29. The first-order valence-electron chi connectivity index (χ1n) is 18.4. The van der Waals surface area contributed by atoms with Crippen LogP contribution in [0.1, 0.15) is 25.0 Å². The molecule has 0 saturated carbocycles. The van der Waals surface area contributed by atoms with Crippen molar-refractivity contribution in [2.45, 2.75) is 19.3 Å². The van der Waals surface area contributed by atoms with Gasteiger partial charge in [-0.15, -0.1) is 0 Å². The average Bonchev–Trinajstić information content (AvgIpc) is 3.67. The van der Waals surface area contributed by atoms with Gasteiger partial charge >= 0.3 is 0 Å². The summed E-state index contributed by atoms with van der Waals surface area (Å²) in [6.07, 6.45) is 0.